The number of urea groups is 1. The van der Waals surface area contributed by atoms with Crippen molar-refractivity contribution >= 4 is 47.0 Å². The fourth-order valence-electron chi connectivity index (χ4n) is 4.47. The summed E-state index contributed by atoms with van der Waals surface area (Å²) in [5.41, 5.74) is 3.21. The van der Waals surface area contributed by atoms with Gasteiger partial charge in [0.25, 0.3) is 5.91 Å². The Morgan fingerprint density at radius 1 is 1.17 bits per heavy atom. The molecule has 8 heteroatoms. The summed E-state index contributed by atoms with van der Waals surface area (Å²) in [5, 5.41) is 5.75. The maximum absolute atomic E-state index is 13.0. The van der Waals surface area contributed by atoms with Crippen LogP contribution in [0.1, 0.15) is 40.5 Å². The number of hydrogen-bond acceptors (Lipinski definition) is 5. The zero-order valence-electron chi connectivity index (χ0n) is 16.1. The molecular weight excluding hydrogens is 404 g/mol. The number of hydrogen-bond donors (Lipinski definition) is 2. The van der Waals surface area contributed by atoms with Gasteiger partial charge in [0.2, 0.25) is 0 Å². The first-order valence-corrected chi connectivity index (χ1v) is 11.8. The number of aromatic nitrogens is 1. The predicted octanol–water partition coefficient (Wildman–Crippen LogP) is 4.50. The van der Waals surface area contributed by atoms with Gasteiger partial charge in [0.05, 0.1) is 10.1 Å². The van der Waals surface area contributed by atoms with Crippen LogP contribution in [-0.2, 0) is 0 Å². The number of pyridine rings is 1. The van der Waals surface area contributed by atoms with E-state index in [1.54, 1.807) is 6.07 Å². The third-order valence-electron chi connectivity index (χ3n) is 5.74. The van der Waals surface area contributed by atoms with E-state index in [1.807, 2.05) is 65.7 Å². The molecule has 0 saturated carbocycles. The van der Waals surface area contributed by atoms with Gasteiger partial charge >= 0.3 is 6.03 Å². The van der Waals surface area contributed by atoms with Crippen LogP contribution in [0.4, 0.5) is 16.3 Å². The summed E-state index contributed by atoms with van der Waals surface area (Å²) >= 11 is 4.06. The molecule has 1 unspecified atom stereocenters. The Bertz CT molecular complexity index is 990. The Hall–Kier alpha value is -2.19. The van der Waals surface area contributed by atoms with E-state index in [0.717, 1.165) is 30.6 Å². The van der Waals surface area contributed by atoms with Gasteiger partial charge in [-0.3, -0.25) is 10.1 Å². The van der Waals surface area contributed by atoms with E-state index in [4.69, 9.17) is 0 Å². The molecular formula is C21H22N4O2S2. The van der Waals surface area contributed by atoms with Crippen molar-refractivity contribution in [2.45, 2.75) is 29.9 Å². The van der Waals surface area contributed by atoms with E-state index in [0.29, 0.717) is 17.1 Å². The van der Waals surface area contributed by atoms with Gasteiger partial charge in [-0.1, -0.05) is 12.1 Å². The van der Waals surface area contributed by atoms with Crippen LogP contribution >= 0.6 is 23.5 Å². The van der Waals surface area contributed by atoms with Crippen LogP contribution in [0.5, 0.6) is 0 Å². The van der Waals surface area contributed by atoms with Crippen molar-refractivity contribution in [3.63, 3.8) is 0 Å². The van der Waals surface area contributed by atoms with Crippen molar-refractivity contribution in [3.05, 3.63) is 53.2 Å². The Morgan fingerprint density at radius 2 is 1.97 bits per heavy atom. The van der Waals surface area contributed by atoms with E-state index < -0.39 is 0 Å². The number of amides is 3. The zero-order chi connectivity index (χ0) is 20.0. The van der Waals surface area contributed by atoms with Gasteiger partial charge < -0.3 is 10.2 Å². The van der Waals surface area contributed by atoms with Gasteiger partial charge in [-0.15, -0.1) is 23.5 Å². The van der Waals surface area contributed by atoms with E-state index >= 15 is 0 Å². The average molecular weight is 427 g/mol. The molecule has 29 heavy (non-hydrogen) atoms. The van der Waals surface area contributed by atoms with E-state index in [2.05, 4.69) is 15.6 Å². The van der Waals surface area contributed by atoms with Crippen LogP contribution in [0.2, 0.25) is 0 Å². The topological polar surface area (TPSA) is 74.3 Å². The summed E-state index contributed by atoms with van der Waals surface area (Å²) in [6.45, 7) is 2.66. The van der Waals surface area contributed by atoms with Gasteiger partial charge in [-0.05, 0) is 44.0 Å². The average Bonchev–Trinajstić information content (AvgIpc) is 3.25. The molecule has 6 nitrogen and oxygen atoms in total. The smallest absolute Gasteiger partial charge is 0.324 e. The Balaban J connectivity index is 1.42. The molecule has 5 rings (SSSR count). The van der Waals surface area contributed by atoms with Gasteiger partial charge in [-0.2, -0.15) is 0 Å². The summed E-state index contributed by atoms with van der Waals surface area (Å²) in [5.74, 6) is 2.92. The molecule has 1 atom stereocenters. The van der Waals surface area contributed by atoms with Crippen LogP contribution in [-0.4, -0.2) is 44.0 Å². The number of thioether (sulfide) groups is 2. The molecule has 0 bridgehead atoms. The fourth-order valence-corrected chi connectivity index (χ4v) is 7.74. The number of aryl methyl sites for hydroxylation is 1. The minimum Gasteiger partial charge on any atom is -0.331 e. The molecule has 1 aromatic heterocycles. The van der Waals surface area contributed by atoms with Crippen molar-refractivity contribution in [1.82, 2.24) is 9.88 Å². The minimum absolute atomic E-state index is 0.0259. The maximum Gasteiger partial charge on any atom is 0.324 e. The molecule has 1 spiro atoms. The predicted molar refractivity (Wildman–Crippen MR) is 119 cm³/mol. The molecule has 0 aliphatic carbocycles. The molecule has 2 fully saturated rings. The lowest BCUT2D eigenvalue weighted by atomic mass is 9.95. The molecule has 2 saturated heterocycles. The monoisotopic (exact) mass is 426 g/mol. The van der Waals surface area contributed by atoms with Gasteiger partial charge in [0, 0.05) is 40.6 Å². The standard InChI is InChI=1S/C21H22N4O2S2/c1-13-4-2-7-17(22-13)24-20(27)23-15-6-3-5-14-18(15)16-12-21(28-10-11-29-21)8-9-25(16)19(14)26/h2-7,16H,8-12H2,1H3,(H2,22,23,24,27). The van der Waals surface area contributed by atoms with Crippen LogP contribution in [0.3, 0.4) is 0 Å². The number of fused-ring (bicyclic) bond motifs is 3. The number of piperidine rings is 1. The summed E-state index contributed by atoms with van der Waals surface area (Å²) in [6.07, 6.45) is 1.96. The largest absolute Gasteiger partial charge is 0.331 e. The van der Waals surface area contributed by atoms with E-state index in [1.165, 1.54) is 11.5 Å². The third-order valence-corrected chi connectivity index (χ3v) is 9.31. The molecule has 3 aliphatic heterocycles. The highest BCUT2D eigenvalue weighted by Gasteiger charge is 2.49. The van der Waals surface area contributed by atoms with Gasteiger partial charge in [-0.25, -0.2) is 9.78 Å². The Kier molecular flexibility index (Phi) is 4.70. The number of rotatable bonds is 2. The lowest BCUT2D eigenvalue weighted by Gasteiger charge is -2.41. The van der Waals surface area contributed by atoms with Crippen molar-refractivity contribution < 1.29 is 9.59 Å². The number of nitrogens with zero attached hydrogens (tertiary/aromatic N) is 2. The van der Waals surface area contributed by atoms with E-state index in [-0.39, 0.29) is 22.1 Å². The summed E-state index contributed by atoms with van der Waals surface area (Å²) < 4.78 is 0.198. The number of nitrogens with one attached hydrogen (secondary N) is 2. The summed E-state index contributed by atoms with van der Waals surface area (Å²) in [7, 11) is 0. The maximum atomic E-state index is 13.0. The highest BCUT2D eigenvalue weighted by Crippen LogP contribution is 2.57. The number of carbonyl (C=O) groups excluding carboxylic acids is 2. The highest BCUT2D eigenvalue weighted by molar-refractivity contribution is 8.21. The molecule has 0 radical (unpaired) electrons. The van der Waals surface area contributed by atoms with Crippen LogP contribution < -0.4 is 10.6 Å². The van der Waals surface area contributed by atoms with Crippen LogP contribution in [0, 0.1) is 6.92 Å². The number of benzene rings is 1. The quantitative estimate of drug-likeness (QED) is 0.740. The first kappa shape index (κ1) is 18.8. The first-order chi connectivity index (χ1) is 14.0. The zero-order valence-corrected chi connectivity index (χ0v) is 17.7. The highest BCUT2D eigenvalue weighted by atomic mass is 32.2. The number of carbonyl (C=O) groups is 2. The molecule has 4 heterocycles. The molecule has 1 aromatic carbocycles. The van der Waals surface area contributed by atoms with Crippen molar-refractivity contribution in [1.29, 1.82) is 0 Å². The fraction of sp³-hybridized carbons (Fsp3) is 0.381. The SMILES string of the molecule is Cc1cccc(NC(=O)Nc2cccc3c2C2CC4(CCN2C3=O)SCCS4)n1. The first-order valence-electron chi connectivity index (χ1n) is 9.78. The van der Waals surface area contributed by atoms with Gasteiger partial charge in [0.1, 0.15) is 5.82 Å². The van der Waals surface area contributed by atoms with Crippen molar-refractivity contribution in [2.24, 2.45) is 0 Å². The second-order valence-electron chi connectivity index (χ2n) is 7.59. The minimum atomic E-state index is -0.350. The molecule has 2 aromatic rings. The Morgan fingerprint density at radius 3 is 2.76 bits per heavy atom. The number of anilines is 2. The van der Waals surface area contributed by atoms with Crippen molar-refractivity contribution in [2.75, 3.05) is 28.7 Å². The third kappa shape index (κ3) is 3.38. The summed E-state index contributed by atoms with van der Waals surface area (Å²) in [4.78, 5) is 31.9. The molecule has 3 amide bonds. The Labute approximate surface area is 178 Å². The van der Waals surface area contributed by atoms with Crippen LogP contribution in [0.25, 0.3) is 0 Å². The summed E-state index contributed by atoms with van der Waals surface area (Å²) in [6, 6.07) is 10.8. The molecule has 2 N–H and O–H groups in total. The molecule has 150 valence electrons. The van der Waals surface area contributed by atoms with Crippen LogP contribution in [0.15, 0.2) is 36.4 Å². The lowest BCUT2D eigenvalue weighted by molar-refractivity contribution is 0.0669. The second-order valence-corrected chi connectivity index (χ2v) is 10.8. The molecule has 3 aliphatic rings. The normalized spacial score (nSPS) is 21.8. The lowest BCUT2D eigenvalue weighted by Crippen LogP contribution is -2.41. The van der Waals surface area contributed by atoms with E-state index in [9.17, 15) is 9.59 Å². The second kappa shape index (κ2) is 7.25. The van der Waals surface area contributed by atoms with Gasteiger partial charge in [0.15, 0.2) is 0 Å². The van der Waals surface area contributed by atoms with Crippen molar-refractivity contribution in [3.8, 4) is 0 Å².